The highest BCUT2D eigenvalue weighted by molar-refractivity contribution is 5.62. The van der Waals surface area contributed by atoms with Gasteiger partial charge in [0.2, 0.25) is 0 Å². The van der Waals surface area contributed by atoms with E-state index in [9.17, 15) is 5.11 Å². The van der Waals surface area contributed by atoms with Gasteiger partial charge < -0.3 is 16.2 Å². The van der Waals surface area contributed by atoms with Crippen LogP contribution in [-0.4, -0.2) is 17.3 Å². The summed E-state index contributed by atoms with van der Waals surface area (Å²) < 4.78 is 0. The second-order valence-corrected chi connectivity index (χ2v) is 4.04. The first-order valence-corrected chi connectivity index (χ1v) is 5.27. The van der Waals surface area contributed by atoms with E-state index in [1.807, 2.05) is 19.1 Å². The summed E-state index contributed by atoms with van der Waals surface area (Å²) in [5, 5.41) is 21.3. The van der Waals surface area contributed by atoms with Crippen LogP contribution in [-0.2, 0) is 0 Å². The molecule has 2 unspecified atom stereocenters. The minimum atomic E-state index is -0.341. The Morgan fingerprint density at radius 1 is 1.50 bits per heavy atom. The van der Waals surface area contributed by atoms with E-state index in [2.05, 4.69) is 5.32 Å². The van der Waals surface area contributed by atoms with Crippen LogP contribution in [0.25, 0.3) is 0 Å². The normalized spacial score (nSPS) is 13.9. The highest BCUT2D eigenvalue weighted by atomic mass is 16.3. The first-order chi connectivity index (χ1) is 7.52. The summed E-state index contributed by atoms with van der Waals surface area (Å²) in [5.74, 6) is 0. The number of nitrogens with one attached hydrogen (secondary N) is 1. The quantitative estimate of drug-likeness (QED) is 0.673. The molecule has 0 fully saturated rings. The minimum Gasteiger partial charge on any atom is -0.398 e. The molecule has 0 bridgehead atoms. The van der Waals surface area contributed by atoms with E-state index in [0.29, 0.717) is 17.7 Å². The minimum absolute atomic E-state index is 0.148. The second kappa shape index (κ2) is 5.38. The van der Waals surface area contributed by atoms with E-state index in [4.69, 9.17) is 11.0 Å². The topological polar surface area (TPSA) is 82.1 Å². The van der Waals surface area contributed by atoms with Gasteiger partial charge in [0, 0.05) is 17.4 Å². The van der Waals surface area contributed by atoms with E-state index in [1.165, 1.54) is 0 Å². The highest BCUT2D eigenvalue weighted by Gasteiger charge is 2.07. The number of hydrogen-bond donors (Lipinski definition) is 3. The van der Waals surface area contributed by atoms with Crippen LogP contribution in [0, 0.1) is 11.3 Å². The van der Waals surface area contributed by atoms with Gasteiger partial charge in [-0.2, -0.15) is 5.26 Å². The van der Waals surface area contributed by atoms with E-state index < -0.39 is 0 Å². The standard InChI is InChI=1S/C12H17N3O/c1-8(5-9(2)16)15-11-3-4-12(14)10(6-11)7-13/h3-4,6,8-9,15-16H,5,14H2,1-2H3. The third-order valence-electron chi connectivity index (χ3n) is 2.28. The molecule has 0 aromatic heterocycles. The molecule has 0 radical (unpaired) electrons. The van der Waals surface area contributed by atoms with Gasteiger partial charge in [0.15, 0.2) is 0 Å². The summed E-state index contributed by atoms with van der Waals surface area (Å²) in [6.45, 7) is 3.73. The SMILES string of the molecule is CC(O)CC(C)Nc1ccc(N)c(C#N)c1. The maximum absolute atomic E-state index is 9.23. The number of nitrogens with zero attached hydrogens (tertiary/aromatic N) is 1. The van der Waals surface area contributed by atoms with Crippen molar-refractivity contribution in [2.45, 2.75) is 32.4 Å². The van der Waals surface area contributed by atoms with Crippen molar-refractivity contribution in [2.24, 2.45) is 0 Å². The lowest BCUT2D eigenvalue weighted by molar-refractivity contribution is 0.179. The predicted molar refractivity (Wildman–Crippen MR) is 65.0 cm³/mol. The smallest absolute Gasteiger partial charge is 0.101 e. The fourth-order valence-electron chi connectivity index (χ4n) is 1.60. The van der Waals surface area contributed by atoms with Crippen LogP contribution in [0.4, 0.5) is 11.4 Å². The molecule has 4 heteroatoms. The van der Waals surface area contributed by atoms with Crippen molar-refractivity contribution in [3.63, 3.8) is 0 Å². The molecule has 1 aromatic carbocycles. The van der Waals surface area contributed by atoms with E-state index in [-0.39, 0.29) is 12.1 Å². The van der Waals surface area contributed by atoms with Crippen LogP contribution >= 0.6 is 0 Å². The van der Waals surface area contributed by atoms with E-state index in [1.54, 1.807) is 19.1 Å². The third-order valence-corrected chi connectivity index (χ3v) is 2.28. The number of nitrogen functional groups attached to an aromatic ring is 1. The largest absolute Gasteiger partial charge is 0.398 e. The molecule has 0 saturated carbocycles. The first-order valence-electron chi connectivity index (χ1n) is 5.27. The van der Waals surface area contributed by atoms with Gasteiger partial charge in [-0.15, -0.1) is 0 Å². The molecule has 4 N–H and O–H groups in total. The van der Waals surface area contributed by atoms with E-state index in [0.717, 1.165) is 5.69 Å². The van der Waals surface area contributed by atoms with Gasteiger partial charge in [-0.05, 0) is 38.5 Å². The Labute approximate surface area is 95.7 Å². The second-order valence-electron chi connectivity index (χ2n) is 4.04. The number of nitriles is 1. The summed E-state index contributed by atoms with van der Waals surface area (Å²) in [7, 11) is 0. The summed E-state index contributed by atoms with van der Waals surface area (Å²) in [6, 6.07) is 7.43. The molecule has 2 atom stereocenters. The fourth-order valence-corrected chi connectivity index (χ4v) is 1.60. The Kier molecular flexibility index (Phi) is 4.15. The number of rotatable bonds is 4. The Balaban J connectivity index is 2.71. The predicted octanol–water partition coefficient (Wildman–Crippen LogP) is 1.71. The number of aliphatic hydroxyl groups excluding tert-OH is 1. The highest BCUT2D eigenvalue weighted by Crippen LogP contribution is 2.18. The summed E-state index contributed by atoms with van der Waals surface area (Å²) in [4.78, 5) is 0. The van der Waals surface area contributed by atoms with Crippen LogP contribution in [0.2, 0.25) is 0 Å². The zero-order valence-corrected chi connectivity index (χ0v) is 9.57. The van der Waals surface area contributed by atoms with Gasteiger partial charge >= 0.3 is 0 Å². The zero-order valence-electron chi connectivity index (χ0n) is 9.57. The van der Waals surface area contributed by atoms with Gasteiger partial charge in [-0.25, -0.2) is 0 Å². The van der Waals surface area contributed by atoms with Crippen LogP contribution in [0.5, 0.6) is 0 Å². The molecule has 86 valence electrons. The molecule has 0 spiro atoms. The monoisotopic (exact) mass is 219 g/mol. The van der Waals surface area contributed by atoms with Crippen molar-refractivity contribution in [3.8, 4) is 6.07 Å². The van der Waals surface area contributed by atoms with Crippen molar-refractivity contribution >= 4 is 11.4 Å². The first kappa shape index (κ1) is 12.3. The molecular formula is C12H17N3O. The lowest BCUT2D eigenvalue weighted by Crippen LogP contribution is -2.20. The van der Waals surface area contributed by atoms with Crippen LogP contribution in [0.3, 0.4) is 0 Å². The molecule has 0 aliphatic carbocycles. The van der Waals surface area contributed by atoms with Crippen molar-refractivity contribution in [1.29, 1.82) is 5.26 Å². The molecule has 0 saturated heterocycles. The van der Waals surface area contributed by atoms with Gasteiger partial charge in [-0.3, -0.25) is 0 Å². The Morgan fingerprint density at radius 2 is 2.19 bits per heavy atom. The summed E-state index contributed by atoms with van der Waals surface area (Å²) in [6.07, 6.45) is 0.318. The average Bonchev–Trinajstić information content (AvgIpc) is 2.19. The number of nitrogens with two attached hydrogens (primary N) is 1. The molecule has 0 amide bonds. The van der Waals surface area contributed by atoms with E-state index >= 15 is 0 Å². The third kappa shape index (κ3) is 3.44. The van der Waals surface area contributed by atoms with Gasteiger partial charge in [0.25, 0.3) is 0 Å². The zero-order chi connectivity index (χ0) is 12.1. The molecule has 16 heavy (non-hydrogen) atoms. The number of anilines is 2. The molecule has 0 aliphatic heterocycles. The van der Waals surface area contributed by atoms with Gasteiger partial charge in [0.1, 0.15) is 6.07 Å². The Hall–Kier alpha value is -1.73. The number of hydrogen-bond acceptors (Lipinski definition) is 4. The number of benzene rings is 1. The number of aliphatic hydroxyl groups is 1. The lowest BCUT2D eigenvalue weighted by Gasteiger charge is -2.17. The van der Waals surface area contributed by atoms with Crippen LogP contribution in [0.1, 0.15) is 25.8 Å². The summed E-state index contributed by atoms with van der Waals surface area (Å²) in [5.41, 5.74) is 7.42. The molecule has 1 aromatic rings. The van der Waals surface area contributed by atoms with Crippen LogP contribution in [0.15, 0.2) is 18.2 Å². The maximum Gasteiger partial charge on any atom is 0.101 e. The van der Waals surface area contributed by atoms with Crippen molar-refractivity contribution in [1.82, 2.24) is 0 Å². The molecule has 1 rings (SSSR count). The maximum atomic E-state index is 9.23. The van der Waals surface area contributed by atoms with Crippen LogP contribution < -0.4 is 11.1 Å². The van der Waals surface area contributed by atoms with Gasteiger partial charge in [0.05, 0.1) is 11.7 Å². The average molecular weight is 219 g/mol. The van der Waals surface area contributed by atoms with Crippen molar-refractivity contribution in [3.05, 3.63) is 23.8 Å². The fraction of sp³-hybridized carbons (Fsp3) is 0.417. The van der Waals surface area contributed by atoms with Crippen molar-refractivity contribution in [2.75, 3.05) is 11.1 Å². The molecule has 4 nitrogen and oxygen atoms in total. The molecular weight excluding hydrogens is 202 g/mol. The Bertz CT molecular complexity index is 396. The molecule has 0 aliphatic rings. The van der Waals surface area contributed by atoms with Gasteiger partial charge in [-0.1, -0.05) is 0 Å². The molecule has 0 heterocycles. The van der Waals surface area contributed by atoms with Crippen molar-refractivity contribution < 1.29 is 5.11 Å². The Morgan fingerprint density at radius 3 is 2.75 bits per heavy atom. The summed E-state index contributed by atoms with van der Waals surface area (Å²) >= 11 is 0. The lowest BCUT2D eigenvalue weighted by atomic mass is 10.1.